The van der Waals surface area contributed by atoms with Gasteiger partial charge in [0, 0.05) is 58.8 Å². The van der Waals surface area contributed by atoms with Crippen LogP contribution in [0.25, 0.3) is 0 Å². The predicted octanol–water partition coefficient (Wildman–Crippen LogP) is 1.12. The Labute approximate surface area is 140 Å². The first-order valence-corrected chi connectivity index (χ1v) is 8.64. The van der Waals surface area contributed by atoms with E-state index in [0.29, 0.717) is 18.4 Å². The highest BCUT2D eigenvalue weighted by atomic mass is 35.5. The van der Waals surface area contributed by atoms with Crippen molar-refractivity contribution in [3.8, 4) is 0 Å². The van der Waals surface area contributed by atoms with Crippen molar-refractivity contribution in [1.82, 2.24) is 15.1 Å². The molecule has 1 saturated carbocycles. The highest BCUT2D eigenvalue weighted by molar-refractivity contribution is 5.85. The fraction of sp³-hybridized carbons (Fsp3) is 0.938. The Morgan fingerprint density at radius 2 is 1.73 bits per heavy atom. The summed E-state index contributed by atoms with van der Waals surface area (Å²) in [6, 6.07) is 0. The molecule has 1 N–H and O–H groups in total. The zero-order valence-electron chi connectivity index (χ0n) is 13.5. The maximum absolute atomic E-state index is 12.1. The van der Waals surface area contributed by atoms with E-state index in [-0.39, 0.29) is 12.4 Å². The molecule has 3 fully saturated rings. The molecule has 2 saturated heterocycles. The number of ether oxygens (including phenoxy) is 1. The average Bonchev–Trinajstić information content (AvgIpc) is 3.37. The lowest BCUT2D eigenvalue weighted by Gasteiger charge is -2.33. The lowest BCUT2D eigenvalue weighted by Crippen LogP contribution is -2.47. The molecule has 128 valence electrons. The molecule has 0 aromatic rings. The molecule has 0 radical (unpaired) electrons. The molecule has 3 aliphatic rings. The van der Waals surface area contributed by atoms with Gasteiger partial charge >= 0.3 is 0 Å². The molecule has 0 spiro atoms. The summed E-state index contributed by atoms with van der Waals surface area (Å²) in [6.45, 7) is 7.69. The number of rotatable bonds is 6. The van der Waals surface area contributed by atoms with Crippen LogP contribution in [0.3, 0.4) is 0 Å². The summed E-state index contributed by atoms with van der Waals surface area (Å²) in [5, 5.41) is 3.29. The lowest BCUT2D eigenvalue weighted by molar-refractivity contribution is -0.132. The summed E-state index contributed by atoms with van der Waals surface area (Å²) in [6.07, 6.45) is 6.14. The normalized spacial score (nSPS) is 24.1. The van der Waals surface area contributed by atoms with Crippen LogP contribution in [0.2, 0.25) is 0 Å². The van der Waals surface area contributed by atoms with Gasteiger partial charge in [-0.15, -0.1) is 12.4 Å². The summed E-state index contributed by atoms with van der Waals surface area (Å²) < 4.78 is 5.97. The number of halogens is 1. The van der Waals surface area contributed by atoms with Gasteiger partial charge in [0.1, 0.15) is 0 Å². The largest absolute Gasteiger partial charge is 0.378 e. The van der Waals surface area contributed by atoms with Crippen molar-refractivity contribution in [3.63, 3.8) is 0 Å². The second-order valence-electron chi connectivity index (χ2n) is 6.70. The van der Waals surface area contributed by atoms with Crippen LogP contribution in [0.15, 0.2) is 0 Å². The minimum absolute atomic E-state index is 0. The van der Waals surface area contributed by atoms with Crippen molar-refractivity contribution in [1.29, 1.82) is 0 Å². The fourth-order valence-electron chi connectivity index (χ4n) is 3.18. The second kappa shape index (κ2) is 9.06. The Morgan fingerprint density at radius 3 is 2.36 bits per heavy atom. The SMILES string of the molecule is Cl.O=C(CCN1CCC(OCC2CC2)CC1)N1CCNCC1. The minimum Gasteiger partial charge on any atom is -0.378 e. The van der Waals surface area contributed by atoms with Gasteiger partial charge in [0.15, 0.2) is 0 Å². The van der Waals surface area contributed by atoms with Crippen molar-refractivity contribution in [2.45, 2.75) is 38.2 Å². The molecule has 0 aromatic carbocycles. The Hall–Kier alpha value is -0.360. The quantitative estimate of drug-likeness (QED) is 0.792. The number of likely N-dealkylation sites (tertiary alicyclic amines) is 1. The highest BCUT2D eigenvalue weighted by Gasteiger charge is 2.25. The summed E-state index contributed by atoms with van der Waals surface area (Å²) in [4.78, 5) is 16.6. The molecule has 5 nitrogen and oxygen atoms in total. The third-order valence-corrected chi connectivity index (χ3v) is 4.91. The second-order valence-corrected chi connectivity index (χ2v) is 6.70. The van der Waals surface area contributed by atoms with Crippen molar-refractivity contribution < 1.29 is 9.53 Å². The van der Waals surface area contributed by atoms with Gasteiger partial charge < -0.3 is 19.9 Å². The van der Waals surface area contributed by atoms with Gasteiger partial charge in [0.25, 0.3) is 0 Å². The zero-order valence-corrected chi connectivity index (χ0v) is 14.3. The van der Waals surface area contributed by atoms with Crippen molar-refractivity contribution in [2.24, 2.45) is 5.92 Å². The number of hydrogen-bond donors (Lipinski definition) is 1. The van der Waals surface area contributed by atoms with E-state index < -0.39 is 0 Å². The van der Waals surface area contributed by atoms with Gasteiger partial charge in [0.2, 0.25) is 5.91 Å². The molecule has 6 heteroatoms. The van der Waals surface area contributed by atoms with Gasteiger partial charge in [-0.2, -0.15) is 0 Å². The third kappa shape index (κ3) is 5.69. The standard InChI is InChI=1S/C16H29N3O2.ClH/c20-16(19-11-6-17-7-12-19)5-10-18-8-3-15(4-9-18)21-13-14-1-2-14;/h14-15,17H,1-13H2;1H. The van der Waals surface area contributed by atoms with E-state index in [1.54, 1.807) is 0 Å². The summed E-state index contributed by atoms with van der Waals surface area (Å²) >= 11 is 0. The van der Waals surface area contributed by atoms with E-state index in [2.05, 4.69) is 10.2 Å². The summed E-state index contributed by atoms with van der Waals surface area (Å²) in [7, 11) is 0. The van der Waals surface area contributed by atoms with Crippen LogP contribution in [0.5, 0.6) is 0 Å². The van der Waals surface area contributed by atoms with Crippen LogP contribution in [0, 0.1) is 5.92 Å². The maximum atomic E-state index is 12.1. The topological polar surface area (TPSA) is 44.8 Å². The van der Waals surface area contributed by atoms with Gasteiger partial charge in [-0.05, 0) is 31.6 Å². The van der Waals surface area contributed by atoms with Crippen LogP contribution in [-0.4, -0.2) is 74.2 Å². The molecule has 2 heterocycles. The summed E-state index contributed by atoms with van der Waals surface area (Å²) in [5.41, 5.74) is 0. The van der Waals surface area contributed by atoms with Crippen LogP contribution < -0.4 is 5.32 Å². The first-order valence-electron chi connectivity index (χ1n) is 8.64. The number of piperazine rings is 1. The van der Waals surface area contributed by atoms with Crippen molar-refractivity contribution in [2.75, 3.05) is 52.4 Å². The average molecular weight is 332 g/mol. The van der Waals surface area contributed by atoms with E-state index >= 15 is 0 Å². The van der Waals surface area contributed by atoms with Crippen molar-refractivity contribution >= 4 is 18.3 Å². The molecule has 0 aromatic heterocycles. The molecule has 0 bridgehead atoms. The molecule has 1 aliphatic carbocycles. The molecular formula is C16H30ClN3O2. The number of nitrogens with one attached hydrogen (secondary N) is 1. The van der Waals surface area contributed by atoms with Crippen LogP contribution in [0.4, 0.5) is 0 Å². The smallest absolute Gasteiger partial charge is 0.223 e. The number of hydrogen-bond acceptors (Lipinski definition) is 4. The lowest BCUT2D eigenvalue weighted by atomic mass is 10.1. The van der Waals surface area contributed by atoms with E-state index in [1.807, 2.05) is 4.90 Å². The number of carbonyl (C=O) groups excluding carboxylic acids is 1. The van der Waals surface area contributed by atoms with E-state index in [4.69, 9.17) is 4.74 Å². The van der Waals surface area contributed by atoms with E-state index in [9.17, 15) is 4.79 Å². The maximum Gasteiger partial charge on any atom is 0.223 e. The highest BCUT2D eigenvalue weighted by Crippen LogP contribution is 2.30. The van der Waals surface area contributed by atoms with Gasteiger partial charge in [-0.3, -0.25) is 4.79 Å². The first kappa shape index (κ1) is 18.0. The summed E-state index contributed by atoms with van der Waals surface area (Å²) in [5.74, 6) is 1.18. The number of piperidine rings is 1. The van der Waals surface area contributed by atoms with E-state index in [1.165, 1.54) is 12.8 Å². The third-order valence-electron chi connectivity index (χ3n) is 4.91. The Balaban J connectivity index is 0.00000176. The number of nitrogens with zero attached hydrogens (tertiary/aromatic N) is 2. The Morgan fingerprint density at radius 1 is 1.05 bits per heavy atom. The van der Waals surface area contributed by atoms with E-state index in [0.717, 1.165) is 71.2 Å². The predicted molar refractivity (Wildman–Crippen MR) is 89.5 cm³/mol. The Bertz CT molecular complexity index is 338. The van der Waals surface area contributed by atoms with Gasteiger partial charge in [0.05, 0.1) is 6.10 Å². The monoisotopic (exact) mass is 331 g/mol. The molecular weight excluding hydrogens is 302 g/mol. The van der Waals surface area contributed by atoms with Gasteiger partial charge in [-0.25, -0.2) is 0 Å². The molecule has 2 aliphatic heterocycles. The first-order chi connectivity index (χ1) is 10.3. The molecule has 22 heavy (non-hydrogen) atoms. The van der Waals surface area contributed by atoms with Gasteiger partial charge in [-0.1, -0.05) is 0 Å². The Kier molecular flexibility index (Phi) is 7.41. The van der Waals surface area contributed by atoms with Crippen LogP contribution >= 0.6 is 12.4 Å². The molecule has 1 amide bonds. The fourth-order valence-corrected chi connectivity index (χ4v) is 3.18. The van der Waals surface area contributed by atoms with Crippen molar-refractivity contribution in [3.05, 3.63) is 0 Å². The number of carbonyl (C=O) groups is 1. The molecule has 0 unspecified atom stereocenters. The molecule has 3 rings (SSSR count). The van der Waals surface area contributed by atoms with Crippen LogP contribution in [0.1, 0.15) is 32.1 Å². The minimum atomic E-state index is 0. The van der Waals surface area contributed by atoms with Crippen LogP contribution in [-0.2, 0) is 9.53 Å². The molecule has 0 atom stereocenters. The zero-order chi connectivity index (χ0) is 14.5. The number of amides is 1.